The molecule has 120 valence electrons. The average molecular weight is 315 g/mol. The molecule has 1 atom stereocenters. The van der Waals surface area contributed by atoms with Crippen LogP contribution >= 0.6 is 0 Å². The van der Waals surface area contributed by atoms with Crippen LogP contribution in [0.15, 0.2) is 4.90 Å². The van der Waals surface area contributed by atoms with Gasteiger partial charge in [0.1, 0.15) is 10.6 Å². The molecule has 2 N–H and O–H groups in total. The molecule has 0 spiro atoms. The number of hydrogen-bond acceptors (Lipinski definition) is 4. The molecule has 1 aliphatic rings. The number of aliphatic hydroxyl groups excluding tert-OH is 1. The number of rotatable bonds is 4. The van der Waals surface area contributed by atoms with E-state index in [2.05, 4.69) is 24.0 Å². The highest BCUT2D eigenvalue weighted by Crippen LogP contribution is 2.29. The second-order valence-electron chi connectivity index (χ2n) is 6.12. The monoisotopic (exact) mass is 315 g/mol. The molecule has 0 aromatic carbocycles. The predicted octanol–water partition coefficient (Wildman–Crippen LogP) is 1.66. The first-order chi connectivity index (χ1) is 9.87. The van der Waals surface area contributed by atoms with E-state index in [0.29, 0.717) is 30.6 Å². The lowest BCUT2D eigenvalue weighted by molar-refractivity contribution is 0.273. The molecule has 2 rings (SSSR count). The van der Waals surface area contributed by atoms with E-state index in [1.165, 1.54) is 0 Å². The lowest BCUT2D eigenvalue weighted by Gasteiger charge is -2.21. The van der Waals surface area contributed by atoms with Crippen molar-refractivity contribution in [1.82, 2.24) is 14.5 Å². The number of aryl methyl sites for hydroxylation is 1. The van der Waals surface area contributed by atoms with Gasteiger partial charge in [0.2, 0.25) is 10.0 Å². The third-order valence-electron chi connectivity index (χ3n) is 4.38. The first kappa shape index (κ1) is 16.5. The maximum Gasteiger partial charge on any atom is 0.246 e. The summed E-state index contributed by atoms with van der Waals surface area (Å²) in [5.41, 5.74) is 0.695. The van der Waals surface area contributed by atoms with Gasteiger partial charge >= 0.3 is 0 Å². The molecule has 21 heavy (non-hydrogen) atoms. The Morgan fingerprint density at radius 1 is 1.38 bits per heavy atom. The third kappa shape index (κ3) is 3.30. The highest BCUT2D eigenvalue weighted by molar-refractivity contribution is 7.89. The van der Waals surface area contributed by atoms with Gasteiger partial charge in [0, 0.05) is 13.1 Å². The van der Waals surface area contributed by atoms with Crippen LogP contribution < -0.4 is 0 Å². The molecule has 1 unspecified atom stereocenters. The highest BCUT2D eigenvalue weighted by atomic mass is 32.2. The van der Waals surface area contributed by atoms with Crippen LogP contribution in [0, 0.1) is 18.8 Å². The number of aromatic amines is 1. The Morgan fingerprint density at radius 2 is 2.10 bits per heavy atom. The average Bonchev–Trinajstić information content (AvgIpc) is 2.65. The van der Waals surface area contributed by atoms with Crippen LogP contribution in [-0.4, -0.2) is 41.1 Å². The van der Waals surface area contributed by atoms with Crippen molar-refractivity contribution in [3.63, 3.8) is 0 Å². The summed E-state index contributed by atoms with van der Waals surface area (Å²) in [6.45, 7) is 6.77. The van der Waals surface area contributed by atoms with Crippen LogP contribution in [0.5, 0.6) is 0 Å². The molecule has 1 aromatic heterocycles. The van der Waals surface area contributed by atoms with Crippen molar-refractivity contribution in [3.8, 4) is 0 Å². The van der Waals surface area contributed by atoms with Crippen molar-refractivity contribution in [3.05, 3.63) is 11.4 Å². The fourth-order valence-electron chi connectivity index (χ4n) is 3.05. The molecule has 1 aromatic rings. The maximum atomic E-state index is 12.8. The minimum atomic E-state index is -3.59. The van der Waals surface area contributed by atoms with E-state index in [-0.39, 0.29) is 17.2 Å². The quantitative estimate of drug-likeness (QED) is 0.884. The zero-order valence-corrected chi connectivity index (χ0v) is 13.8. The summed E-state index contributed by atoms with van der Waals surface area (Å²) in [4.78, 5) is 0.146. The third-order valence-corrected chi connectivity index (χ3v) is 6.49. The molecule has 6 nitrogen and oxygen atoms in total. The van der Waals surface area contributed by atoms with E-state index in [0.717, 1.165) is 19.3 Å². The molecular weight excluding hydrogens is 290 g/mol. The summed E-state index contributed by atoms with van der Waals surface area (Å²) in [7, 11) is -3.59. The van der Waals surface area contributed by atoms with E-state index in [1.54, 1.807) is 11.2 Å². The Balaban J connectivity index is 2.25. The molecule has 1 fully saturated rings. The van der Waals surface area contributed by atoms with Crippen molar-refractivity contribution in [2.24, 2.45) is 11.8 Å². The Hall–Kier alpha value is -0.920. The normalized spacial score (nSPS) is 21.7. The Morgan fingerprint density at radius 3 is 2.71 bits per heavy atom. The number of sulfonamides is 1. The van der Waals surface area contributed by atoms with Gasteiger partial charge in [-0.25, -0.2) is 8.42 Å². The van der Waals surface area contributed by atoms with Gasteiger partial charge in [-0.05, 0) is 38.0 Å². The van der Waals surface area contributed by atoms with Crippen LogP contribution in [0.1, 0.15) is 44.5 Å². The Kier molecular flexibility index (Phi) is 5.06. The van der Waals surface area contributed by atoms with Crippen molar-refractivity contribution in [1.29, 1.82) is 0 Å². The largest absolute Gasteiger partial charge is 0.390 e. The molecule has 1 aliphatic heterocycles. The van der Waals surface area contributed by atoms with E-state index >= 15 is 0 Å². The number of aliphatic hydroxyl groups is 1. The fourth-order valence-corrected chi connectivity index (χ4v) is 4.86. The zero-order valence-electron chi connectivity index (χ0n) is 13.0. The van der Waals surface area contributed by atoms with Gasteiger partial charge in [-0.3, -0.25) is 5.10 Å². The first-order valence-electron chi connectivity index (χ1n) is 7.52. The number of aromatic nitrogens is 2. The second-order valence-corrected chi connectivity index (χ2v) is 8.00. The number of nitrogens with zero attached hydrogens (tertiary/aromatic N) is 2. The highest BCUT2D eigenvalue weighted by Gasteiger charge is 2.32. The Bertz CT molecular complexity index is 580. The second kappa shape index (κ2) is 6.46. The topological polar surface area (TPSA) is 86.3 Å². The molecule has 0 saturated carbocycles. The van der Waals surface area contributed by atoms with Gasteiger partial charge in [-0.2, -0.15) is 9.40 Å². The summed E-state index contributed by atoms with van der Waals surface area (Å²) in [5, 5.41) is 15.8. The lowest BCUT2D eigenvalue weighted by atomic mass is 9.89. The molecule has 0 aliphatic carbocycles. The SMILES string of the molecule is Cc1[nH]nc(CO)c1S(=O)(=O)N1CCCC(C(C)C)CC1. The summed E-state index contributed by atoms with van der Waals surface area (Å²) in [6, 6.07) is 0. The van der Waals surface area contributed by atoms with Gasteiger partial charge in [-0.15, -0.1) is 0 Å². The fraction of sp³-hybridized carbons (Fsp3) is 0.786. The molecule has 0 amide bonds. The van der Waals surface area contributed by atoms with E-state index in [9.17, 15) is 13.5 Å². The number of nitrogens with one attached hydrogen (secondary N) is 1. The Labute approximate surface area is 126 Å². The van der Waals surface area contributed by atoms with Gasteiger partial charge in [0.25, 0.3) is 0 Å². The summed E-state index contributed by atoms with van der Waals surface area (Å²) < 4.78 is 27.2. The van der Waals surface area contributed by atoms with Crippen molar-refractivity contribution < 1.29 is 13.5 Å². The van der Waals surface area contributed by atoms with Crippen LogP contribution in [0.25, 0.3) is 0 Å². The summed E-state index contributed by atoms with van der Waals surface area (Å²) >= 11 is 0. The van der Waals surface area contributed by atoms with E-state index < -0.39 is 10.0 Å². The molecule has 0 radical (unpaired) electrons. The molecule has 7 heteroatoms. The van der Waals surface area contributed by atoms with E-state index in [4.69, 9.17) is 0 Å². The zero-order chi connectivity index (χ0) is 15.6. The van der Waals surface area contributed by atoms with Crippen LogP contribution in [-0.2, 0) is 16.6 Å². The molecule has 0 bridgehead atoms. The minimum absolute atomic E-state index is 0.146. The van der Waals surface area contributed by atoms with Crippen molar-refractivity contribution in [2.75, 3.05) is 13.1 Å². The van der Waals surface area contributed by atoms with Gasteiger partial charge in [0.15, 0.2) is 0 Å². The van der Waals surface area contributed by atoms with E-state index in [1.807, 2.05) is 0 Å². The summed E-state index contributed by atoms with van der Waals surface area (Å²) in [5.74, 6) is 1.16. The minimum Gasteiger partial charge on any atom is -0.390 e. The predicted molar refractivity (Wildman–Crippen MR) is 80.2 cm³/mol. The standard InChI is InChI=1S/C14H25N3O3S/c1-10(2)12-5-4-7-17(8-6-12)21(19,20)14-11(3)15-16-13(14)9-18/h10,12,18H,4-9H2,1-3H3,(H,15,16). The molecular formula is C14H25N3O3S. The van der Waals surface area contributed by atoms with Crippen LogP contribution in [0.3, 0.4) is 0 Å². The summed E-state index contributed by atoms with van der Waals surface area (Å²) in [6.07, 6.45) is 2.84. The van der Waals surface area contributed by atoms with Crippen LogP contribution in [0.2, 0.25) is 0 Å². The first-order valence-corrected chi connectivity index (χ1v) is 8.96. The smallest absolute Gasteiger partial charge is 0.246 e. The number of H-pyrrole nitrogens is 1. The van der Waals surface area contributed by atoms with Crippen molar-refractivity contribution >= 4 is 10.0 Å². The van der Waals surface area contributed by atoms with Gasteiger partial charge < -0.3 is 5.11 Å². The molecule has 2 heterocycles. The van der Waals surface area contributed by atoms with Crippen molar-refractivity contribution in [2.45, 2.75) is 51.5 Å². The van der Waals surface area contributed by atoms with Gasteiger partial charge in [-0.1, -0.05) is 13.8 Å². The number of hydrogen-bond donors (Lipinski definition) is 2. The van der Waals surface area contributed by atoms with Crippen LogP contribution in [0.4, 0.5) is 0 Å². The maximum absolute atomic E-state index is 12.8. The lowest BCUT2D eigenvalue weighted by Crippen LogP contribution is -2.33. The molecule has 1 saturated heterocycles. The van der Waals surface area contributed by atoms with Gasteiger partial charge in [0.05, 0.1) is 12.3 Å².